The number of ether oxygens (including phenoxy) is 2. The fourth-order valence-electron chi connectivity index (χ4n) is 2.08. The van der Waals surface area contributed by atoms with Crippen LogP contribution in [-0.4, -0.2) is 24.4 Å². The Bertz CT molecular complexity index is 151. The van der Waals surface area contributed by atoms with Gasteiger partial charge in [0, 0.05) is 6.42 Å². The molecule has 2 atom stereocenters. The van der Waals surface area contributed by atoms with Gasteiger partial charge in [-0.3, -0.25) is 0 Å². The molecule has 9 heavy (non-hydrogen) atoms. The van der Waals surface area contributed by atoms with Gasteiger partial charge < -0.3 is 9.47 Å². The first-order chi connectivity index (χ1) is 4.37. The standard InChI is InChI=1S/C7H10O2/c1-2-7(5-9-7)6(1)3-4-8-6/h1-5H2. The Morgan fingerprint density at radius 3 is 1.67 bits per heavy atom. The van der Waals surface area contributed by atoms with Crippen LogP contribution >= 0.6 is 0 Å². The summed E-state index contributed by atoms with van der Waals surface area (Å²) in [5.41, 5.74) is 0.470. The van der Waals surface area contributed by atoms with Crippen molar-refractivity contribution in [1.82, 2.24) is 0 Å². The fraction of sp³-hybridized carbons (Fsp3) is 1.00. The zero-order valence-corrected chi connectivity index (χ0v) is 5.35. The summed E-state index contributed by atoms with van der Waals surface area (Å²) in [7, 11) is 0. The number of fused-ring (bicyclic) bond motifs is 1. The van der Waals surface area contributed by atoms with E-state index < -0.39 is 0 Å². The molecule has 1 saturated carbocycles. The van der Waals surface area contributed by atoms with Gasteiger partial charge in [-0.05, 0) is 12.8 Å². The van der Waals surface area contributed by atoms with Gasteiger partial charge in [0.25, 0.3) is 0 Å². The Hall–Kier alpha value is -0.0800. The first kappa shape index (κ1) is 4.69. The minimum absolute atomic E-state index is 0.229. The molecule has 0 bridgehead atoms. The van der Waals surface area contributed by atoms with Crippen molar-refractivity contribution >= 4 is 0 Å². The lowest BCUT2D eigenvalue weighted by molar-refractivity contribution is -0.236. The SMILES string of the molecule is C1CC2(CCC23CO3)O1. The van der Waals surface area contributed by atoms with Gasteiger partial charge in [-0.1, -0.05) is 0 Å². The van der Waals surface area contributed by atoms with Crippen molar-refractivity contribution < 1.29 is 9.47 Å². The summed E-state index contributed by atoms with van der Waals surface area (Å²) in [6.07, 6.45) is 3.73. The third-order valence-corrected chi connectivity index (χ3v) is 3.14. The van der Waals surface area contributed by atoms with Crippen LogP contribution in [0.25, 0.3) is 0 Å². The molecule has 2 aliphatic heterocycles. The predicted octanol–water partition coefficient (Wildman–Crippen LogP) is 0.708. The van der Waals surface area contributed by atoms with Crippen molar-refractivity contribution in [3.63, 3.8) is 0 Å². The first-order valence-electron chi connectivity index (χ1n) is 3.65. The van der Waals surface area contributed by atoms with E-state index >= 15 is 0 Å². The molecule has 50 valence electrons. The van der Waals surface area contributed by atoms with E-state index in [2.05, 4.69) is 0 Å². The highest BCUT2D eigenvalue weighted by atomic mass is 16.6. The third-order valence-electron chi connectivity index (χ3n) is 3.14. The second-order valence-corrected chi connectivity index (χ2v) is 3.38. The van der Waals surface area contributed by atoms with Gasteiger partial charge >= 0.3 is 0 Å². The molecular formula is C7H10O2. The lowest BCUT2D eigenvalue weighted by Gasteiger charge is -2.53. The number of hydrogen-bond acceptors (Lipinski definition) is 2. The van der Waals surface area contributed by atoms with Crippen LogP contribution in [-0.2, 0) is 9.47 Å². The average Bonchev–Trinajstić information content (AvgIpc) is 2.34. The van der Waals surface area contributed by atoms with Crippen LogP contribution < -0.4 is 0 Å². The van der Waals surface area contributed by atoms with Gasteiger partial charge in [0.15, 0.2) is 0 Å². The van der Waals surface area contributed by atoms with Crippen molar-refractivity contribution in [2.45, 2.75) is 30.5 Å². The molecule has 0 radical (unpaired) electrons. The van der Waals surface area contributed by atoms with Gasteiger partial charge in [-0.15, -0.1) is 0 Å². The minimum Gasteiger partial charge on any atom is -0.372 e. The van der Waals surface area contributed by atoms with Crippen LogP contribution in [0.1, 0.15) is 19.3 Å². The van der Waals surface area contributed by atoms with E-state index in [0.29, 0.717) is 0 Å². The van der Waals surface area contributed by atoms with E-state index in [0.717, 1.165) is 13.2 Å². The molecule has 2 heterocycles. The second kappa shape index (κ2) is 1.06. The summed E-state index contributed by atoms with van der Waals surface area (Å²) < 4.78 is 10.9. The molecule has 3 aliphatic rings. The van der Waals surface area contributed by atoms with Crippen molar-refractivity contribution in [3.05, 3.63) is 0 Å². The van der Waals surface area contributed by atoms with Crippen LogP contribution in [0.2, 0.25) is 0 Å². The minimum atomic E-state index is 0.229. The topological polar surface area (TPSA) is 21.8 Å². The quantitative estimate of drug-likeness (QED) is 0.446. The molecule has 0 amide bonds. The van der Waals surface area contributed by atoms with E-state index in [1.807, 2.05) is 0 Å². The molecular weight excluding hydrogens is 116 g/mol. The second-order valence-electron chi connectivity index (χ2n) is 3.38. The maximum Gasteiger partial charge on any atom is 0.121 e. The fourth-order valence-corrected chi connectivity index (χ4v) is 2.08. The Balaban J connectivity index is 1.91. The van der Waals surface area contributed by atoms with Crippen molar-refractivity contribution in [2.75, 3.05) is 13.2 Å². The van der Waals surface area contributed by atoms with Crippen molar-refractivity contribution in [3.8, 4) is 0 Å². The van der Waals surface area contributed by atoms with E-state index in [-0.39, 0.29) is 11.2 Å². The van der Waals surface area contributed by atoms with Crippen LogP contribution in [0.15, 0.2) is 0 Å². The molecule has 1 aliphatic carbocycles. The summed E-state index contributed by atoms with van der Waals surface area (Å²) in [5, 5.41) is 0. The molecule has 0 aromatic carbocycles. The highest BCUT2D eigenvalue weighted by Crippen LogP contribution is 2.60. The van der Waals surface area contributed by atoms with Crippen LogP contribution in [0, 0.1) is 0 Å². The monoisotopic (exact) mass is 126 g/mol. The Kier molecular flexibility index (Phi) is 0.552. The number of hydrogen-bond donors (Lipinski definition) is 0. The van der Waals surface area contributed by atoms with Crippen molar-refractivity contribution in [2.24, 2.45) is 0 Å². The summed E-state index contributed by atoms with van der Waals surface area (Å²) in [6.45, 7) is 1.93. The molecule has 2 heteroatoms. The summed E-state index contributed by atoms with van der Waals surface area (Å²) >= 11 is 0. The van der Waals surface area contributed by atoms with Crippen molar-refractivity contribution in [1.29, 1.82) is 0 Å². The molecule has 0 N–H and O–H groups in total. The van der Waals surface area contributed by atoms with Crippen LogP contribution in [0.3, 0.4) is 0 Å². The molecule has 2 unspecified atom stereocenters. The zero-order valence-electron chi connectivity index (χ0n) is 5.35. The maximum absolute atomic E-state index is 5.51. The summed E-state index contributed by atoms with van der Waals surface area (Å²) in [6, 6.07) is 0. The third kappa shape index (κ3) is 0.332. The Morgan fingerprint density at radius 2 is 1.56 bits per heavy atom. The zero-order chi connectivity index (χ0) is 5.95. The summed E-state index contributed by atoms with van der Waals surface area (Å²) in [5.74, 6) is 0. The molecule has 2 nitrogen and oxygen atoms in total. The number of rotatable bonds is 0. The van der Waals surface area contributed by atoms with Gasteiger partial charge in [0.2, 0.25) is 0 Å². The van der Waals surface area contributed by atoms with Crippen LogP contribution in [0.4, 0.5) is 0 Å². The summed E-state index contributed by atoms with van der Waals surface area (Å²) in [4.78, 5) is 0. The molecule has 3 fully saturated rings. The molecule has 3 rings (SSSR count). The molecule has 0 aromatic rings. The highest BCUT2D eigenvalue weighted by Gasteiger charge is 2.71. The van der Waals surface area contributed by atoms with E-state index in [4.69, 9.17) is 9.47 Å². The number of epoxide rings is 1. The highest BCUT2D eigenvalue weighted by molar-refractivity contribution is 5.21. The van der Waals surface area contributed by atoms with E-state index in [1.54, 1.807) is 0 Å². The lowest BCUT2D eigenvalue weighted by atomic mass is 9.65. The average molecular weight is 126 g/mol. The predicted molar refractivity (Wildman–Crippen MR) is 31.2 cm³/mol. The van der Waals surface area contributed by atoms with E-state index in [9.17, 15) is 0 Å². The molecule has 0 aromatic heterocycles. The first-order valence-corrected chi connectivity index (χ1v) is 3.65. The molecule has 2 saturated heterocycles. The van der Waals surface area contributed by atoms with E-state index in [1.165, 1.54) is 19.3 Å². The smallest absolute Gasteiger partial charge is 0.121 e. The van der Waals surface area contributed by atoms with Gasteiger partial charge in [0.1, 0.15) is 11.2 Å². The maximum atomic E-state index is 5.51. The lowest BCUT2D eigenvalue weighted by Crippen LogP contribution is -2.63. The Morgan fingerprint density at radius 1 is 0.889 bits per heavy atom. The van der Waals surface area contributed by atoms with Crippen LogP contribution in [0.5, 0.6) is 0 Å². The van der Waals surface area contributed by atoms with Gasteiger partial charge in [-0.2, -0.15) is 0 Å². The Labute approximate surface area is 54.1 Å². The molecule has 2 spiro atoms. The van der Waals surface area contributed by atoms with Gasteiger partial charge in [-0.25, -0.2) is 0 Å². The largest absolute Gasteiger partial charge is 0.372 e. The van der Waals surface area contributed by atoms with Gasteiger partial charge in [0.05, 0.1) is 13.2 Å². The normalized spacial score (nSPS) is 61.3.